The number of methoxy groups -OCH3 is 2. The fourth-order valence-corrected chi connectivity index (χ4v) is 2.44. The summed E-state index contributed by atoms with van der Waals surface area (Å²) in [6, 6.07) is 5.76. The second-order valence-electron chi connectivity index (χ2n) is 5.53. The van der Waals surface area contributed by atoms with E-state index in [0.717, 1.165) is 35.7 Å². The summed E-state index contributed by atoms with van der Waals surface area (Å²) in [7, 11) is 3.37. The van der Waals surface area contributed by atoms with Crippen LogP contribution in [0.4, 0.5) is 0 Å². The van der Waals surface area contributed by atoms with Gasteiger partial charge in [-0.25, -0.2) is 15.0 Å². The van der Waals surface area contributed by atoms with Gasteiger partial charge in [0.2, 0.25) is 0 Å². The van der Waals surface area contributed by atoms with Crippen molar-refractivity contribution in [1.29, 1.82) is 0 Å². The number of nitrogens with zero attached hydrogens (tertiary/aromatic N) is 5. The number of ether oxygens (including phenoxy) is 2. The van der Waals surface area contributed by atoms with Crippen molar-refractivity contribution in [3.05, 3.63) is 29.6 Å². The van der Waals surface area contributed by atoms with Crippen LogP contribution in [0.15, 0.2) is 38.2 Å². The third kappa shape index (κ3) is 7.91. The first-order valence-electron chi connectivity index (χ1n) is 7.97. The van der Waals surface area contributed by atoms with Gasteiger partial charge in [0.25, 0.3) is 0 Å². The maximum Gasteiger partial charge on any atom is 0.173 e. The van der Waals surface area contributed by atoms with E-state index in [9.17, 15) is 0 Å². The molecule has 0 fully saturated rings. The van der Waals surface area contributed by atoms with E-state index < -0.39 is 0 Å². The second-order valence-corrected chi connectivity index (χ2v) is 5.53. The molecule has 7 nitrogen and oxygen atoms in total. The summed E-state index contributed by atoms with van der Waals surface area (Å²) in [6.07, 6.45) is 1.59. The topological polar surface area (TPSA) is 80.8 Å². The van der Waals surface area contributed by atoms with E-state index in [1.54, 1.807) is 14.2 Å². The molecular formula is C17H21Cl3N5O2V-3. The molecule has 155 valence electrons. The molecule has 1 aromatic heterocycles. The minimum atomic E-state index is 0. The van der Waals surface area contributed by atoms with Crippen molar-refractivity contribution >= 4 is 23.1 Å². The molecule has 0 saturated carbocycles. The predicted octanol–water partition coefficient (Wildman–Crippen LogP) is -7.43. The Balaban J connectivity index is 0. The fraction of sp³-hybridized carbons (Fsp3) is 0.471. The summed E-state index contributed by atoms with van der Waals surface area (Å²) < 4.78 is 10.2. The minimum Gasteiger partial charge on any atom is -1.00 e. The number of rotatable bonds is 8. The minimum absolute atomic E-state index is 0. The van der Waals surface area contributed by atoms with Crippen LogP contribution < -0.4 is 37.2 Å². The quantitative estimate of drug-likeness (QED) is 0.368. The molecular weight excluding hydrogens is 464 g/mol. The molecule has 0 bridgehead atoms. The van der Waals surface area contributed by atoms with Gasteiger partial charge in [0.05, 0.1) is 26.3 Å². The van der Waals surface area contributed by atoms with E-state index in [0.29, 0.717) is 38.0 Å². The largest absolute Gasteiger partial charge is 1.00 e. The molecule has 1 radical (unpaired) electrons. The molecule has 0 spiro atoms. The number of aromatic nitrogens is 1. The van der Waals surface area contributed by atoms with E-state index in [-0.39, 0.29) is 55.8 Å². The Morgan fingerprint density at radius 3 is 1.61 bits per heavy atom. The summed E-state index contributed by atoms with van der Waals surface area (Å²) >= 11 is 0. The van der Waals surface area contributed by atoms with Crippen LogP contribution in [0, 0.1) is 0 Å². The molecule has 0 N–H and O–H groups in total. The number of hydrogen-bond acceptors (Lipinski definition) is 7. The number of aliphatic imine (C=N–C) groups is 4. The van der Waals surface area contributed by atoms with Gasteiger partial charge >= 0.3 is 0 Å². The Kier molecular flexibility index (Phi) is 15.9. The van der Waals surface area contributed by atoms with Crippen molar-refractivity contribution in [3.63, 3.8) is 0 Å². The zero-order valence-corrected chi connectivity index (χ0v) is 19.3. The molecule has 2 aliphatic heterocycles. The number of pyridine rings is 1. The summed E-state index contributed by atoms with van der Waals surface area (Å²) in [6.45, 7) is 2.55. The normalized spacial score (nSPS) is 14.4. The maximum atomic E-state index is 5.08. The van der Waals surface area contributed by atoms with E-state index >= 15 is 0 Å². The Morgan fingerprint density at radius 1 is 0.786 bits per heavy atom. The molecule has 3 rings (SSSR count). The molecule has 0 aliphatic carbocycles. The molecule has 0 amide bonds. The van der Waals surface area contributed by atoms with E-state index in [4.69, 9.17) is 9.47 Å². The van der Waals surface area contributed by atoms with Crippen LogP contribution in [0.2, 0.25) is 0 Å². The van der Waals surface area contributed by atoms with Crippen molar-refractivity contribution < 1.29 is 65.3 Å². The average Bonchev–Trinajstić information content (AvgIpc) is 3.28. The molecule has 0 atom stereocenters. The molecule has 0 saturated heterocycles. The summed E-state index contributed by atoms with van der Waals surface area (Å²) in [4.78, 5) is 22.7. The molecule has 1 aromatic rings. The van der Waals surface area contributed by atoms with Crippen LogP contribution in [0.3, 0.4) is 0 Å². The van der Waals surface area contributed by atoms with Gasteiger partial charge < -0.3 is 46.7 Å². The van der Waals surface area contributed by atoms with Crippen molar-refractivity contribution in [1.82, 2.24) is 4.98 Å². The number of hydrogen-bond donors (Lipinski definition) is 0. The Labute approximate surface area is 195 Å². The zero-order chi connectivity index (χ0) is 16.8. The van der Waals surface area contributed by atoms with Gasteiger partial charge in [0, 0.05) is 57.0 Å². The van der Waals surface area contributed by atoms with Gasteiger partial charge in [-0.15, -0.1) is 0 Å². The van der Waals surface area contributed by atoms with Gasteiger partial charge in [-0.05, 0) is 12.1 Å². The maximum absolute atomic E-state index is 5.08. The molecule has 11 heteroatoms. The van der Waals surface area contributed by atoms with E-state index in [1.807, 2.05) is 18.2 Å². The first-order chi connectivity index (χ1) is 11.8. The molecule has 28 heavy (non-hydrogen) atoms. The number of halogens is 3. The van der Waals surface area contributed by atoms with Crippen molar-refractivity contribution in [3.8, 4) is 0 Å². The average molecular weight is 485 g/mol. The monoisotopic (exact) mass is 483 g/mol. The standard InChI is InChI=1S/C17H21N5O2.3ClH.V/c1-23-8-6-12-10-18-16(20-12)14-4-3-5-15(22-14)17-19-11-13(21-17)7-9-24-2;;;;/h3-5H,6-11H2,1-2H3;3*1H;/p-3. The van der Waals surface area contributed by atoms with Gasteiger partial charge in [0.15, 0.2) is 11.7 Å². The zero-order valence-electron chi connectivity index (χ0n) is 15.6. The van der Waals surface area contributed by atoms with Gasteiger partial charge in [-0.2, -0.15) is 0 Å². The Bertz CT molecular complexity index is 684. The third-order valence-electron chi connectivity index (χ3n) is 3.75. The fourth-order valence-electron chi connectivity index (χ4n) is 2.44. The molecule has 3 heterocycles. The third-order valence-corrected chi connectivity index (χ3v) is 3.75. The van der Waals surface area contributed by atoms with E-state index in [2.05, 4.69) is 25.0 Å². The summed E-state index contributed by atoms with van der Waals surface area (Å²) in [5.41, 5.74) is 3.56. The van der Waals surface area contributed by atoms with Crippen molar-refractivity contribution in [2.24, 2.45) is 20.0 Å². The summed E-state index contributed by atoms with van der Waals surface area (Å²) in [5.74, 6) is 1.34. The van der Waals surface area contributed by atoms with E-state index in [1.165, 1.54) is 0 Å². The van der Waals surface area contributed by atoms with Crippen LogP contribution in [-0.2, 0) is 28.0 Å². The van der Waals surface area contributed by atoms with Crippen LogP contribution in [0.25, 0.3) is 0 Å². The predicted molar refractivity (Wildman–Crippen MR) is 94.9 cm³/mol. The second kappa shape index (κ2) is 15.1. The molecule has 0 unspecified atom stereocenters. The van der Waals surface area contributed by atoms with Crippen LogP contribution in [0.1, 0.15) is 24.2 Å². The summed E-state index contributed by atoms with van der Waals surface area (Å²) in [5, 5.41) is 0. The van der Waals surface area contributed by atoms with Crippen LogP contribution in [-0.4, -0.2) is 68.6 Å². The molecule has 0 aromatic carbocycles. The first kappa shape index (κ1) is 29.4. The van der Waals surface area contributed by atoms with Gasteiger partial charge in [-0.3, -0.25) is 9.98 Å². The van der Waals surface area contributed by atoms with Crippen molar-refractivity contribution in [2.75, 3.05) is 40.5 Å². The Morgan fingerprint density at radius 2 is 1.21 bits per heavy atom. The number of amidine groups is 2. The smallest absolute Gasteiger partial charge is 0.173 e. The van der Waals surface area contributed by atoms with Crippen LogP contribution in [0.5, 0.6) is 0 Å². The SMILES string of the molecule is COCCC1=NC(c2cccc(C3=NCC(CCOC)=N3)n2)=NC1.[Cl-].[Cl-].[Cl-].[V]. The van der Waals surface area contributed by atoms with Crippen molar-refractivity contribution in [2.45, 2.75) is 12.8 Å². The van der Waals surface area contributed by atoms with Gasteiger partial charge in [-0.1, -0.05) is 6.07 Å². The molecule has 2 aliphatic rings. The Hall–Kier alpha value is -0.796. The van der Waals surface area contributed by atoms with Crippen LogP contribution >= 0.6 is 0 Å². The first-order valence-corrected chi connectivity index (χ1v) is 7.97. The van der Waals surface area contributed by atoms with Gasteiger partial charge in [0.1, 0.15) is 11.4 Å².